The fraction of sp³-hybridized carbons (Fsp3) is 0.500. The van der Waals surface area contributed by atoms with Gasteiger partial charge in [0.05, 0.1) is 5.69 Å². The Morgan fingerprint density at radius 3 is 2.48 bits per heavy atom. The summed E-state index contributed by atoms with van der Waals surface area (Å²) in [6.07, 6.45) is 3.94. The molecule has 0 atom stereocenters. The highest BCUT2D eigenvalue weighted by Crippen LogP contribution is 2.35. The Kier molecular flexibility index (Phi) is 5.44. The lowest BCUT2D eigenvalue weighted by Crippen LogP contribution is -2.50. The molecule has 0 unspecified atom stereocenters. The molecule has 0 N–H and O–H groups in total. The maximum Gasteiger partial charge on any atom is 0.265 e. The zero-order chi connectivity index (χ0) is 20.7. The van der Waals surface area contributed by atoms with Gasteiger partial charge in [-0.1, -0.05) is 0 Å². The average molecular weight is 412 g/mol. The van der Waals surface area contributed by atoms with Crippen LogP contribution < -0.4 is 0 Å². The fourth-order valence-electron chi connectivity index (χ4n) is 3.94. The topological polar surface area (TPSA) is 54.3 Å². The van der Waals surface area contributed by atoms with Crippen LogP contribution in [0.25, 0.3) is 21.6 Å². The van der Waals surface area contributed by atoms with Gasteiger partial charge in [-0.3, -0.25) is 9.69 Å². The minimum Gasteiger partial charge on any atom is -0.335 e. The molecule has 3 aromatic rings. The number of aryl methyl sites for hydroxylation is 1. The van der Waals surface area contributed by atoms with Crippen LogP contribution in [0.3, 0.4) is 0 Å². The molecule has 1 aliphatic heterocycles. The second kappa shape index (κ2) is 7.88. The van der Waals surface area contributed by atoms with Crippen molar-refractivity contribution < 1.29 is 4.79 Å². The molecule has 1 amide bonds. The van der Waals surface area contributed by atoms with Gasteiger partial charge < -0.3 is 9.47 Å². The van der Waals surface area contributed by atoms with Gasteiger partial charge in [-0.05, 0) is 46.8 Å². The number of hydrogen-bond acceptors (Lipinski definition) is 5. The van der Waals surface area contributed by atoms with E-state index in [0.717, 1.165) is 58.4 Å². The van der Waals surface area contributed by atoms with Crippen molar-refractivity contribution in [2.24, 2.45) is 0 Å². The summed E-state index contributed by atoms with van der Waals surface area (Å²) in [5, 5.41) is 1.98. The molecule has 1 aliphatic rings. The van der Waals surface area contributed by atoms with E-state index in [4.69, 9.17) is 4.98 Å². The molecule has 0 radical (unpaired) electrons. The van der Waals surface area contributed by atoms with Crippen molar-refractivity contribution >= 4 is 28.3 Å². The van der Waals surface area contributed by atoms with E-state index in [1.54, 1.807) is 0 Å². The summed E-state index contributed by atoms with van der Waals surface area (Å²) in [6.45, 7) is 14.1. The molecular formula is C22H29N5OS. The van der Waals surface area contributed by atoms with Crippen molar-refractivity contribution in [2.75, 3.05) is 26.2 Å². The molecule has 0 aliphatic carbocycles. The SMILES string of the molecule is Cc1nc(-c2cn(C(C)C)c3ncccc23)sc1C(=O)N1CCN(C(C)C)CC1. The highest BCUT2D eigenvalue weighted by molar-refractivity contribution is 7.17. The lowest BCUT2D eigenvalue weighted by atomic mass is 10.2. The average Bonchev–Trinajstić information content (AvgIpc) is 3.28. The molecule has 3 aromatic heterocycles. The van der Waals surface area contributed by atoms with Crippen LogP contribution in [0.5, 0.6) is 0 Å². The van der Waals surface area contributed by atoms with Gasteiger partial charge in [0.15, 0.2) is 0 Å². The number of amides is 1. The highest BCUT2D eigenvalue weighted by Gasteiger charge is 2.27. The molecule has 154 valence electrons. The summed E-state index contributed by atoms with van der Waals surface area (Å²) in [5.41, 5.74) is 2.83. The largest absolute Gasteiger partial charge is 0.335 e. The standard InChI is InChI=1S/C22H29N5OS/c1-14(2)25-9-11-26(12-10-25)22(28)19-16(5)24-21(29-19)18-13-27(15(3)4)20-17(18)7-6-8-23-20/h6-8,13-15H,9-12H2,1-5H3. The molecule has 4 rings (SSSR count). The Balaban J connectivity index is 1.64. The van der Waals surface area contributed by atoms with E-state index in [-0.39, 0.29) is 5.91 Å². The first-order chi connectivity index (χ1) is 13.9. The lowest BCUT2D eigenvalue weighted by Gasteiger charge is -2.36. The molecular weight excluding hydrogens is 382 g/mol. The third-order valence-electron chi connectivity index (χ3n) is 5.70. The maximum absolute atomic E-state index is 13.2. The first kappa shape index (κ1) is 20.0. The van der Waals surface area contributed by atoms with E-state index in [0.29, 0.717) is 12.1 Å². The highest BCUT2D eigenvalue weighted by atomic mass is 32.1. The zero-order valence-corrected chi connectivity index (χ0v) is 18.7. The van der Waals surface area contributed by atoms with Crippen molar-refractivity contribution in [3.63, 3.8) is 0 Å². The third kappa shape index (κ3) is 3.69. The van der Waals surface area contributed by atoms with Gasteiger partial charge in [-0.15, -0.1) is 11.3 Å². The minimum atomic E-state index is 0.111. The number of fused-ring (bicyclic) bond motifs is 1. The van der Waals surface area contributed by atoms with Crippen LogP contribution in [0, 0.1) is 6.92 Å². The predicted molar refractivity (Wildman–Crippen MR) is 119 cm³/mol. The van der Waals surface area contributed by atoms with E-state index in [1.807, 2.05) is 24.1 Å². The second-order valence-electron chi connectivity index (χ2n) is 8.27. The molecule has 1 fully saturated rings. The van der Waals surface area contributed by atoms with Crippen LogP contribution in [-0.4, -0.2) is 62.5 Å². The summed E-state index contributed by atoms with van der Waals surface area (Å²) in [7, 11) is 0. The normalized spacial score (nSPS) is 15.8. The summed E-state index contributed by atoms with van der Waals surface area (Å²) in [6, 6.07) is 4.87. The summed E-state index contributed by atoms with van der Waals surface area (Å²) >= 11 is 1.50. The molecule has 4 heterocycles. The zero-order valence-electron chi connectivity index (χ0n) is 17.8. The van der Waals surface area contributed by atoms with Crippen molar-refractivity contribution in [3.05, 3.63) is 35.1 Å². The van der Waals surface area contributed by atoms with E-state index >= 15 is 0 Å². The molecule has 0 spiro atoms. The maximum atomic E-state index is 13.2. The van der Waals surface area contributed by atoms with E-state index < -0.39 is 0 Å². The molecule has 7 heteroatoms. The fourth-order valence-corrected chi connectivity index (χ4v) is 5.00. The van der Waals surface area contributed by atoms with Crippen molar-refractivity contribution in [1.29, 1.82) is 0 Å². The van der Waals surface area contributed by atoms with Gasteiger partial charge in [0, 0.05) is 61.6 Å². The smallest absolute Gasteiger partial charge is 0.265 e. The Bertz CT molecular complexity index is 1030. The lowest BCUT2D eigenvalue weighted by molar-refractivity contribution is 0.0599. The predicted octanol–water partition coefficient (Wildman–Crippen LogP) is 4.22. The quantitative estimate of drug-likeness (QED) is 0.645. The van der Waals surface area contributed by atoms with E-state index in [1.165, 1.54) is 11.3 Å². The van der Waals surface area contributed by atoms with Gasteiger partial charge >= 0.3 is 0 Å². The molecule has 1 saturated heterocycles. The second-order valence-corrected chi connectivity index (χ2v) is 9.27. The van der Waals surface area contributed by atoms with Crippen molar-refractivity contribution in [1.82, 2.24) is 24.3 Å². The molecule has 0 saturated carbocycles. The Hall–Kier alpha value is -2.25. The van der Waals surface area contributed by atoms with Crippen LogP contribution in [-0.2, 0) is 0 Å². The number of thiazole rings is 1. The van der Waals surface area contributed by atoms with Gasteiger partial charge in [0.25, 0.3) is 5.91 Å². The van der Waals surface area contributed by atoms with Gasteiger partial charge in [0.2, 0.25) is 0 Å². The molecule has 29 heavy (non-hydrogen) atoms. The number of hydrogen-bond donors (Lipinski definition) is 0. The third-order valence-corrected chi connectivity index (χ3v) is 6.88. The van der Waals surface area contributed by atoms with E-state index in [9.17, 15) is 4.79 Å². The van der Waals surface area contributed by atoms with Crippen LogP contribution in [0.4, 0.5) is 0 Å². The first-order valence-electron chi connectivity index (χ1n) is 10.3. The monoisotopic (exact) mass is 411 g/mol. The number of rotatable bonds is 4. The Labute approximate surface area is 176 Å². The van der Waals surface area contributed by atoms with Crippen LogP contribution in [0.1, 0.15) is 49.1 Å². The molecule has 0 aromatic carbocycles. The van der Waals surface area contributed by atoms with Gasteiger partial charge in [-0.2, -0.15) is 0 Å². The van der Waals surface area contributed by atoms with Crippen LogP contribution >= 0.6 is 11.3 Å². The van der Waals surface area contributed by atoms with Crippen molar-refractivity contribution in [3.8, 4) is 10.6 Å². The van der Waals surface area contributed by atoms with Crippen LogP contribution in [0.2, 0.25) is 0 Å². The van der Waals surface area contributed by atoms with Crippen molar-refractivity contribution in [2.45, 2.75) is 46.7 Å². The molecule has 6 nitrogen and oxygen atoms in total. The minimum absolute atomic E-state index is 0.111. The Morgan fingerprint density at radius 2 is 1.83 bits per heavy atom. The number of carbonyl (C=O) groups is 1. The van der Waals surface area contributed by atoms with Gasteiger partial charge in [0.1, 0.15) is 15.5 Å². The number of aromatic nitrogens is 3. The molecule has 0 bridgehead atoms. The number of carbonyl (C=O) groups excluding carboxylic acids is 1. The summed E-state index contributed by atoms with van der Waals surface area (Å²) in [4.78, 5) is 27.7. The summed E-state index contributed by atoms with van der Waals surface area (Å²) in [5.74, 6) is 0.111. The number of nitrogens with zero attached hydrogens (tertiary/aromatic N) is 5. The van der Waals surface area contributed by atoms with Gasteiger partial charge in [-0.25, -0.2) is 9.97 Å². The van der Waals surface area contributed by atoms with Crippen LogP contribution in [0.15, 0.2) is 24.5 Å². The first-order valence-corrected chi connectivity index (χ1v) is 11.1. The Morgan fingerprint density at radius 1 is 1.10 bits per heavy atom. The summed E-state index contributed by atoms with van der Waals surface area (Å²) < 4.78 is 2.17. The van der Waals surface area contributed by atoms with E-state index in [2.05, 4.69) is 54.4 Å². The number of piperazine rings is 1. The number of pyridine rings is 1.